The Morgan fingerprint density at radius 1 is 1.18 bits per heavy atom. The molecule has 0 unspecified atom stereocenters. The minimum atomic E-state index is -0.0952. The van der Waals surface area contributed by atoms with E-state index in [1.54, 1.807) is 4.68 Å². The van der Waals surface area contributed by atoms with Crippen LogP contribution in [0.25, 0.3) is 10.9 Å². The molecule has 8 heteroatoms. The third-order valence-electron chi connectivity index (χ3n) is 5.85. The highest BCUT2D eigenvalue weighted by atomic mass is 16.5. The Hall–Kier alpha value is -2.16. The lowest BCUT2D eigenvalue weighted by molar-refractivity contribution is 0.0319. The van der Waals surface area contributed by atoms with Gasteiger partial charge in [0.1, 0.15) is 0 Å². The zero-order chi connectivity index (χ0) is 19.5. The number of nitrogens with two attached hydrogens (primary N) is 1. The Labute approximate surface area is 165 Å². The fourth-order valence-corrected chi connectivity index (χ4v) is 4.10. The van der Waals surface area contributed by atoms with E-state index >= 15 is 0 Å². The summed E-state index contributed by atoms with van der Waals surface area (Å²) in [6, 6.07) is 5.75. The van der Waals surface area contributed by atoms with E-state index in [1.165, 1.54) is 0 Å². The molecule has 0 spiro atoms. The summed E-state index contributed by atoms with van der Waals surface area (Å²) in [5, 5.41) is 8.44. The van der Waals surface area contributed by atoms with Crippen molar-refractivity contribution in [1.82, 2.24) is 24.9 Å². The Bertz CT molecular complexity index is 821. The van der Waals surface area contributed by atoms with Crippen LogP contribution in [0.2, 0.25) is 0 Å². The van der Waals surface area contributed by atoms with Crippen molar-refractivity contribution in [3.63, 3.8) is 0 Å². The Morgan fingerprint density at radius 3 is 2.57 bits per heavy atom. The number of carbonyl (C=O) groups excluding carboxylic acids is 1. The first kappa shape index (κ1) is 19.2. The normalized spacial score (nSPS) is 19.9. The number of nitrogens with zero attached hydrogens (tertiary/aromatic N) is 4. The van der Waals surface area contributed by atoms with E-state index in [1.807, 2.05) is 25.2 Å². The molecule has 2 fully saturated rings. The molecule has 1 aromatic carbocycles. The Kier molecular flexibility index (Phi) is 5.79. The molecule has 3 heterocycles. The molecule has 0 bridgehead atoms. The van der Waals surface area contributed by atoms with Crippen molar-refractivity contribution in [1.29, 1.82) is 0 Å². The molecule has 2 aliphatic heterocycles. The summed E-state index contributed by atoms with van der Waals surface area (Å²) in [7, 11) is 1.84. The minimum Gasteiger partial charge on any atom is -0.399 e. The molecule has 0 saturated carbocycles. The van der Waals surface area contributed by atoms with Crippen molar-refractivity contribution in [3.8, 4) is 0 Å². The number of piperidine rings is 1. The number of ether oxygens (including phenoxy) is 1. The molecule has 0 atom stereocenters. The molecule has 28 heavy (non-hydrogen) atoms. The largest absolute Gasteiger partial charge is 0.399 e. The summed E-state index contributed by atoms with van der Waals surface area (Å²) in [4.78, 5) is 17.8. The molecular weight excluding hydrogens is 356 g/mol. The average molecular weight is 387 g/mol. The van der Waals surface area contributed by atoms with E-state index in [0.717, 1.165) is 76.2 Å². The molecular formula is C20H30N6O2. The van der Waals surface area contributed by atoms with Crippen LogP contribution in [-0.4, -0.2) is 84.0 Å². The average Bonchev–Trinajstić information content (AvgIpc) is 3.04. The van der Waals surface area contributed by atoms with Crippen LogP contribution in [0.3, 0.4) is 0 Å². The maximum absolute atomic E-state index is 12.8. The van der Waals surface area contributed by atoms with Crippen LogP contribution in [-0.2, 0) is 11.8 Å². The third kappa shape index (κ3) is 4.29. The van der Waals surface area contributed by atoms with Gasteiger partial charge < -0.3 is 20.7 Å². The van der Waals surface area contributed by atoms with E-state index < -0.39 is 0 Å². The molecule has 8 nitrogen and oxygen atoms in total. The smallest absolute Gasteiger partial charge is 0.272 e. The van der Waals surface area contributed by atoms with Gasteiger partial charge in [0.25, 0.3) is 5.91 Å². The first-order valence-corrected chi connectivity index (χ1v) is 10.2. The summed E-state index contributed by atoms with van der Waals surface area (Å²) in [6.07, 6.45) is 1.96. The van der Waals surface area contributed by atoms with E-state index in [4.69, 9.17) is 10.5 Å². The highest BCUT2D eigenvalue weighted by Gasteiger charge is 2.24. The van der Waals surface area contributed by atoms with Crippen LogP contribution in [0.5, 0.6) is 0 Å². The van der Waals surface area contributed by atoms with Gasteiger partial charge in [-0.3, -0.25) is 14.4 Å². The monoisotopic (exact) mass is 386 g/mol. The fourth-order valence-electron chi connectivity index (χ4n) is 4.10. The summed E-state index contributed by atoms with van der Waals surface area (Å²) < 4.78 is 7.12. The number of morpholine rings is 1. The number of nitrogens with one attached hydrogen (secondary N) is 1. The Balaban J connectivity index is 1.28. The molecule has 0 aliphatic carbocycles. The van der Waals surface area contributed by atoms with Crippen LogP contribution in [0.15, 0.2) is 18.2 Å². The number of rotatable bonds is 5. The maximum atomic E-state index is 12.8. The lowest BCUT2D eigenvalue weighted by Crippen LogP contribution is -2.47. The van der Waals surface area contributed by atoms with Gasteiger partial charge in [0, 0.05) is 63.4 Å². The van der Waals surface area contributed by atoms with Crippen molar-refractivity contribution >= 4 is 22.5 Å². The van der Waals surface area contributed by atoms with Crippen molar-refractivity contribution in [2.75, 3.05) is 58.2 Å². The molecule has 2 saturated heterocycles. The van der Waals surface area contributed by atoms with Crippen molar-refractivity contribution in [2.24, 2.45) is 7.05 Å². The highest BCUT2D eigenvalue weighted by Crippen LogP contribution is 2.21. The standard InChI is InChI=1S/C20H30N6O2/c1-24-18-14-15(21)2-3-17(18)19(23-24)20(27)22-16-4-6-25(7-5-16)8-9-26-10-12-28-13-11-26/h2-3,14,16H,4-13,21H2,1H3,(H,22,27). The van der Waals surface area contributed by atoms with E-state index in [0.29, 0.717) is 11.4 Å². The SMILES string of the molecule is Cn1nc(C(=O)NC2CCN(CCN3CCOCC3)CC2)c2ccc(N)cc21. The van der Waals surface area contributed by atoms with Gasteiger partial charge in [0.15, 0.2) is 5.69 Å². The van der Waals surface area contributed by atoms with Crippen molar-refractivity contribution in [3.05, 3.63) is 23.9 Å². The second-order valence-electron chi connectivity index (χ2n) is 7.79. The van der Waals surface area contributed by atoms with Crippen LogP contribution in [0.1, 0.15) is 23.3 Å². The van der Waals surface area contributed by atoms with Gasteiger partial charge >= 0.3 is 0 Å². The molecule has 1 amide bonds. The zero-order valence-electron chi connectivity index (χ0n) is 16.6. The van der Waals surface area contributed by atoms with E-state index in [2.05, 4.69) is 20.2 Å². The minimum absolute atomic E-state index is 0.0952. The van der Waals surface area contributed by atoms with Gasteiger partial charge in [-0.2, -0.15) is 5.10 Å². The number of carbonyl (C=O) groups is 1. The second kappa shape index (κ2) is 8.46. The van der Waals surface area contributed by atoms with E-state index in [9.17, 15) is 4.79 Å². The van der Waals surface area contributed by atoms with Gasteiger partial charge in [-0.05, 0) is 31.0 Å². The number of benzene rings is 1. The molecule has 152 valence electrons. The predicted octanol–water partition coefficient (Wildman–Crippen LogP) is 0.682. The summed E-state index contributed by atoms with van der Waals surface area (Å²) in [5.74, 6) is -0.0952. The number of aromatic nitrogens is 2. The number of hydrogen-bond acceptors (Lipinski definition) is 6. The second-order valence-corrected chi connectivity index (χ2v) is 7.79. The summed E-state index contributed by atoms with van der Waals surface area (Å²) >= 11 is 0. The van der Waals surface area contributed by atoms with Gasteiger partial charge in [0.2, 0.25) is 0 Å². The molecule has 1 aromatic heterocycles. The van der Waals surface area contributed by atoms with Crippen LogP contribution >= 0.6 is 0 Å². The van der Waals surface area contributed by atoms with Gasteiger partial charge in [-0.15, -0.1) is 0 Å². The zero-order valence-corrected chi connectivity index (χ0v) is 16.6. The molecule has 0 radical (unpaired) electrons. The van der Waals surface area contributed by atoms with Crippen molar-refractivity contribution in [2.45, 2.75) is 18.9 Å². The topological polar surface area (TPSA) is 88.7 Å². The van der Waals surface area contributed by atoms with Crippen LogP contribution < -0.4 is 11.1 Å². The van der Waals surface area contributed by atoms with E-state index in [-0.39, 0.29) is 11.9 Å². The molecule has 2 aromatic rings. The molecule has 2 aliphatic rings. The number of anilines is 1. The number of nitrogen functional groups attached to an aromatic ring is 1. The number of hydrogen-bond donors (Lipinski definition) is 2. The predicted molar refractivity (Wildman–Crippen MR) is 109 cm³/mol. The molecule has 3 N–H and O–H groups in total. The fraction of sp³-hybridized carbons (Fsp3) is 0.600. The lowest BCUT2D eigenvalue weighted by atomic mass is 10.0. The highest BCUT2D eigenvalue weighted by molar-refractivity contribution is 6.05. The maximum Gasteiger partial charge on any atom is 0.272 e. The van der Waals surface area contributed by atoms with Gasteiger partial charge in [0.05, 0.1) is 18.7 Å². The lowest BCUT2D eigenvalue weighted by Gasteiger charge is -2.34. The quantitative estimate of drug-likeness (QED) is 0.735. The number of aryl methyl sites for hydroxylation is 1. The van der Waals surface area contributed by atoms with Crippen molar-refractivity contribution < 1.29 is 9.53 Å². The third-order valence-corrected chi connectivity index (χ3v) is 5.85. The Morgan fingerprint density at radius 2 is 1.86 bits per heavy atom. The summed E-state index contributed by atoms with van der Waals surface area (Å²) in [5.41, 5.74) is 7.89. The van der Waals surface area contributed by atoms with Crippen LogP contribution in [0, 0.1) is 0 Å². The van der Waals surface area contributed by atoms with Crippen LogP contribution in [0.4, 0.5) is 5.69 Å². The van der Waals surface area contributed by atoms with Gasteiger partial charge in [-0.1, -0.05) is 0 Å². The van der Waals surface area contributed by atoms with Gasteiger partial charge in [-0.25, -0.2) is 0 Å². The first-order valence-electron chi connectivity index (χ1n) is 10.2. The number of amides is 1. The first-order chi connectivity index (χ1) is 13.6. The number of likely N-dealkylation sites (tertiary alicyclic amines) is 1. The summed E-state index contributed by atoms with van der Waals surface area (Å²) in [6.45, 7) is 8.01. The molecule has 4 rings (SSSR count). The number of fused-ring (bicyclic) bond motifs is 1.